The standard InChI is InChI=1S/C10H20O5S.Na/c1-5-15-7-6-8(11)9(10(2,3)4)16(12,13)14;/h9H,5-7H2,1-4H3,(H,12,13,14);/q;+1/p-1. The van der Waals surface area contributed by atoms with Gasteiger partial charge < -0.3 is 9.29 Å². The predicted molar refractivity (Wildman–Crippen MR) is 59.1 cm³/mol. The molecule has 96 valence electrons. The largest absolute Gasteiger partial charge is 1.00 e. The fourth-order valence-electron chi connectivity index (χ4n) is 1.53. The molecule has 0 spiro atoms. The quantitative estimate of drug-likeness (QED) is 0.316. The van der Waals surface area contributed by atoms with Crippen LogP contribution in [0, 0.1) is 5.41 Å². The summed E-state index contributed by atoms with van der Waals surface area (Å²) < 4.78 is 38.1. The maximum atomic E-state index is 11.7. The number of rotatable bonds is 6. The number of ether oxygens (including phenoxy) is 1. The Labute approximate surface area is 125 Å². The molecule has 0 rings (SSSR count). The van der Waals surface area contributed by atoms with Crippen LogP contribution in [0.3, 0.4) is 0 Å². The molecule has 17 heavy (non-hydrogen) atoms. The number of hydrogen-bond donors (Lipinski definition) is 0. The van der Waals surface area contributed by atoms with Crippen LogP contribution < -0.4 is 29.6 Å². The van der Waals surface area contributed by atoms with Crippen molar-refractivity contribution in [1.82, 2.24) is 0 Å². The van der Waals surface area contributed by atoms with Crippen molar-refractivity contribution < 1.29 is 52.1 Å². The van der Waals surface area contributed by atoms with Gasteiger partial charge in [0.15, 0.2) is 5.78 Å². The van der Waals surface area contributed by atoms with E-state index < -0.39 is 26.6 Å². The molecule has 0 fully saturated rings. The van der Waals surface area contributed by atoms with Gasteiger partial charge in [0.1, 0.15) is 15.4 Å². The normalized spacial score (nSPS) is 13.9. The molecule has 7 heteroatoms. The zero-order valence-corrected chi connectivity index (χ0v) is 14.0. The molecule has 1 unspecified atom stereocenters. The van der Waals surface area contributed by atoms with Crippen molar-refractivity contribution in [3.8, 4) is 0 Å². The number of carbonyl (C=O) groups excluding carboxylic acids is 1. The SMILES string of the molecule is CCOCCC(=O)C(C(C)(C)C)S(=O)(=O)[O-].[Na+]. The first-order chi connectivity index (χ1) is 7.10. The molecule has 0 heterocycles. The van der Waals surface area contributed by atoms with Gasteiger partial charge in [0.25, 0.3) is 0 Å². The van der Waals surface area contributed by atoms with Crippen LogP contribution in [-0.4, -0.2) is 37.2 Å². The van der Waals surface area contributed by atoms with Gasteiger partial charge in [0.2, 0.25) is 0 Å². The molecule has 0 radical (unpaired) electrons. The molecule has 0 bridgehead atoms. The molecule has 0 aliphatic carbocycles. The summed E-state index contributed by atoms with van der Waals surface area (Å²) in [6, 6.07) is 0. The molecule has 1 atom stereocenters. The summed E-state index contributed by atoms with van der Waals surface area (Å²) in [5.74, 6) is -0.573. The minimum Gasteiger partial charge on any atom is -0.747 e. The van der Waals surface area contributed by atoms with Crippen LogP contribution >= 0.6 is 0 Å². The van der Waals surface area contributed by atoms with Gasteiger partial charge in [-0.05, 0) is 12.3 Å². The molecular formula is C10H19NaO5S. The van der Waals surface area contributed by atoms with Crippen LogP contribution in [0.4, 0.5) is 0 Å². The third-order valence-electron chi connectivity index (χ3n) is 2.06. The number of ketones is 1. The molecule has 0 aromatic heterocycles. The van der Waals surface area contributed by atoms with E-state index in [1.807, 2.05) is 0 Å². The monoisotopic (exact) mass is 274 g/mol. The van der Waals surface area contributed by atoms with Crippen molar-refractivity contribution in [2.75, 3.05) is 13.2 Å². The number of Topliss-reactive ketones (excluding diaryl/α,β-unsaturated/α-hetero) is 1. The second-order valence-electron chi connectivity index (χ2n) is 4.65. The number of hydrogen-bond acceptors (Lipinski definition) is 5. The zero-order valence-electron chi connectivity index (χ0n) is 11.1. The van der Waals surface area contributed by atoms with E-state index in [2.05, 4.69) is 0 Å². The molecular weight excluding hydrogens is 255 g/mol. The Kier molecular flexibility index (Phi) is 9.19. The third-order valence-corrected chi connectivity index (χ3v) is 3.61. The fraction of sp³-hybridized carbons (Fsp3) is 0.900. The van der Waals surface area contributed by atoms with Gasteiger partial charge in [-0.1, -0.05) is 20.8 Å². The van der Waals surface area contributed by atoms with Crippen molar-refractivity contribution in [3.63, 3.8) is 0 Å². The predicted octanol–water partition coefficient (Wildman–Crippen LogP) is -2.05. The fourth-order valence-corrected chi connectivity index (χ4v) is 2.83. The van der Waals surface area contributed by atoms with Gasteiger partial charge in [-0.2, -0.15) is 0 Å². The number of carbonyl (C=O) groups is 1. The molecule has 0 aromatic rings. The smallest absolute Gasteiger partial charge is 0.747 e. The Balaban J connectivity index is 0. The van der Waals surface area contributed by atoms with Gasteiger partial charge in [-0.3, -0.25) is 4.79 Å². The van der Waals surface area contributed by atoms with E-state index >= 15 is 0 Å². The first kappa shape index (κ1) is 19.9. The van der Waals surface area contributed by atoms with Crippen LogP contribution in [0.5, 0.6) is 0 Å². The van der Waals surface area contributed by atoms with Crippen LogP contribution in [0.15, 0.2) is 0 Å². The summed E-state index contributed by atoms with van der Waals surface area (Å²) in [6.07, 6.45) is -0.0444. The average Bonchev–Trinajstić information content (AvgIpc) is 1.98. The summed E-state index contributed by atoms with van der Waals surface area (Å²) >= 11 is 0. The van der Waals surface area contributed by atoms with Gasteiger partial charge in [-0.25, -0.2) is 8.42 Å². The van der Waals surface area contributed by atoms with E-state index in [9.17, 15) is 17.8 Å². The Morgan fingerprint density at radius 2 is 1.82 bits per heavy atom. The van der Waals surface area contributed by atoms with Crippen molar-refractivity contribution in [3.05, 3.63) is 0 Å². The van der Waals surface area contributed by atoms with Crippen LogP contribution in [0.1, 0.15) is 34.1 Å². The topological polar surface area (TPSA) is 83.5 Å². The van der Waals surface area contributed by atoms with E-state index in [4.69, 9.17) is 4.74 Å². The first-order valence-electron chi connectivity index (χ1n) is 5.16. The first-order valence-corrected chi connectivity index (χ1v) is 6.63. The van der Waals surface area contributed by atoms with Gasteiger partial charge in [0, 0.05) is 13.0 Å². The second kappa shape index (κ2) is 7.86. The van der Waals surface area contributed by atoms with E-state index in [0.717, 1.165) is 0 Å². The summed E-state index contributed by atoms with van der Waals surface area (Å²) in [6.45, 7) is 7.06. The minimum atomic E-state index is -4.61. The second-order valence-corrected chi connectivity index (χ2v) is 6.11. The van der Waals surface area contributed by atoms with Crippen LogP contribution in [-0.2, 0) is 19.6 Å². The van der Waals surface area contributed by atoms with Gasteiger partial charge in [-0.15, -0.1) is 0 Å². The van der Waals surface area contributed by atoms with Crippen LogP contribution in [0.2, 0.25) is 0 Å². The Morgan fingerprint density at radius 3 is 2.12 bits per heavy atom. The van der Waals surface area contributed by atoms with Gasteiger partial charge in [0.05, 0.1) is 6.61 Å². The molecule has 0 aliphatic heterocycles. The molecule has 0 aromatic carbocycles. The van der Waals surface area contributed by atoms with Crippen LogP contribution in [0.25, 0.3) is 0 Å². The van der Waals surface area contributed by atoms with Crippen molar-refractivity contribution in [1.29, 1.82) is 0 Å². The van der Waals surface area contributed by atoms with E-state index in [-0.39, 0.29) is 42.6 Å². The summed E-state index contributed by atoms with van der Waals surface area (Å²) in [5.41, 5.74) is -0.885. The Morgan fingerprint density at radius 1 is 1.35 bits per heavy atom. The zero-order chi connectivity index (χ0) is 13.0. The minimum absolute atomic E-state index is 0. The third kappa shape index (κ3) is 7.54. The molecule has 0 aliphatic rings. The van der Waals surface area contributed by atoms with E-state index in [1.165, 1.54) is 0 Å². The van der Waals surface area contributed by atoms with Crippen molar-refractivity contribution in [2.24, 2.45) is 5.41 Å². The molecule has 0 saturated carbocycles. The summed E-state index contributed by atoms with van der Waals surface area (Å²) in [4.78, 5) is 11.7. The van der Waals surface area contributed by atoms with E-state index in [1.54, 1.807) is 27.7 Å². The summed E-state index contributed by atoms with van der Waals surface area (Å²) in [5, 5.41) is -1.50. The molecule has 0 amide bonds. The van der Waals surface area contributed by atoms with E-state index in [0.29, 0.717) is 6.61 Å². The Bertz CT molecular complexity index is 331. The Hall–Kier alpha value is 0.540. The van der Waals surface area contributed by atoms with Gasteiger partial charge >= 0.3 is 29.6 Å². The van der Waals surface area contributed by atoms with Crippen molar-refractivity contribution >= 4 is 15.9 Å². The molecule has 0 N–H and O–H groups in total. The van der Waals surface area contributed by atoms with Crippen molar-refractivity contribution in [2.45, 2.75) is 39.4 Å². The molecule has 5 nitrogen and oxygen atoms in total. The summed E-state index contributed by atoms with van der Waals surface area (Å²) in [7, 11) is -4.61. The maximum absolute atomic E-state index is 11.7. The maximum Gasteiger partial charge on any atom is 1.00 e. The molecule has 0 saturated heterocycles. The average molecular weight is 274 g/mol.